The van der Waals surface area contributed by atoms with Gasteiger partial charge in [0.2, 0.25) is 5.91 Å². The van der Waals surface area contributed by atoms with Crippen LogP contribution in [0.3, 0.4) is 0 Å². The first-order chi connectivity index (χ1) is 7.99. The highest BCUT2D eigenvalue weighted by Gasteiger charge is 2.38. The second-order valence-corrected chi connectivity index (χ2v) is 5.26. The number of rotatable bonds is 3. The largest absolute Gasteiger partial charge is 0.369 e. The van der Waals surface area contributed by atoms with Crippen LogP contribution in [0.5, 0.6) is 0 Å². The minimum Gasteiger partial charge on any atom is -0.369 e. The van der Waals surface area contributed by atoms with Gasteiger partial charge in [0.25, 0.3) is 0 Å². The van der Waals surface area contributed by atoms with Gasteiger partial charge in [-0.15, -0.1) is 0 Å². The van der Waals surface area contributed by atoms with Crippen LogP contribution in [-0.2, 0) is 11.3 Å². The number of amides is 1. The van der Waals surface area contributed by atoms with Gasteiger partial charge in [-0.05, 0) is 31.5 Å². The number of hydrogen-bond donors (Lipinski definition) is 1. The third kappa shape index (κ3) is 2.76. The molecule has 1 aromatic heterocycles. The molecule has 1 atom stereocenters. The smallest absolute Gasteiger partial charge is 0.224 e. The topological polar surface area (TPSA) is 59.2 Å². The van der Waals surface area contributed by atoms with Crippen LogP contribution >= 0.6 is 11.6 Å². The van der Waals surface area contributed by atoms with Crippen molar-refractivity contribution >= 4 is 17.5 Å². The van der Waals surface area contributed by atoms with Crippen molar-refractivity contribution < 1.29 is 4.79 Å². The quantitative estimate of drug-likeness (QED) is 0.829. The van der Waals surface area contributed by atoms with Gasteiger partial charge in [0, 0.05) is 19.3 Å². The molecule has 4 nitrogen and oxygen atoms in total. The third-order valence-electron chi connectivity index (χ3n) is 3.34. The summed E-state index contributed by atoms with van der Waals surface area (Å²) in [5, 5.41) is 0.497. The van der Waals surface area contributed by atoms with E-state index >= 15 is 0 Å². The Balaban J connectivity index is 1.98. The molecule has 0 saturated carbocycles. The number of nitrogens with two attached hydrogens (primary N) is 1. The number of pyridine rings is 1. The van der Waals surface area contributed by atoms with Gasteiger partial charge in [-0.1, -0.05) is 17.7 Å². The fraction of sp³-hybridized carbons (Fsp3) is 0.500. The van der Waals surface area contributed by atoms with E-state index < -0.39 is 0 Å². The second kappa shape index (κ2) is 4.63. The van der Waals surface area contributed by atoms with Crippen molar-refractivity contribution in [1.82, 2.24) is 9.88 Å². The lowest BCUT2D eigenvalue weighted by Gasteiger charge is -2.20. The number of primary amides is 1. The molecule has 2 N–H and O–H groups in total. The summed E-state index contributed by atoms with van der Waals surface area (Å²) < 4.78 is 0. The highest BCUT2D eigenvalue weighted by Crippen LogP contribution is 2.30. The molecule has 17 heavy (non-hydrogen) atoms. The number of nitrogens with zero attached hydrogens (tertiary/aromatic N) is 2. The van der Waals surface area contributed by atoms with Gasteiger partial charge in [-0.25, -0.2) is 4.98 Å². The lowest BCUT2D eigenvalue weighted by atomic mass is 9.89. The fourth-order valence-electron chi connectivity index (χ4n) is 2.15. The second-order valence-electron chi connectivity index (χ2n) is 4.87. The summed E-state index contributed by atoms with van der Waals surface area (Å²) in [7, 11) is 0. The van der Waals surface area contributed by atoms with E-state index in [1.54, 1.807) is 12.3 Å². The van der Waals surface area contributed by atoms with Crippen molar-refractivity contribution in [3.05, 3.63) is 29.0 Å². The van der Waals surface area contributed by atoms with Crippen LogP contribution in [-0.4, -0.2) is 28.9 Å². The van der Waals surface area contributed by atoms with Crippen molar-refractivity contribution in [1.29, 1.82) is 0 Å². The van der Waals surface area contributed by atoms with E-state index in [2.05, 4.69) is 9.88 Å². The zero-order valence-corrected chi connectivity index (χ0v) is 10.6. The molecule has 5 heteroatoms. The number of carbonyl (C=O) groups excluding carboxylic acids is 1. The van der Waals surface area contributed by atoms with Gasteiger partial charge in [0.15, 0.2) is 0 Å². The molecule has 0 aromatic carbocycles. The summed E-state index contributed by atoms with van der Waals surface area (Å²) in [5.41, 5.74) is 6.12. The number of carbonyl (C=O) groups is 1. The van der Waals surface area contributed by atoms with Crippen molar-refractivity contribution in [2.75, 3.05) is 13.1 Å². The zero-order valence-electron chi connectivity index (χ0n) is 9.82. The lowest BCUT2D eigenvalue weighted by molar-refractivity contribution is -0.126. The van der Waals surface area contributed by atoms with E-state index in [0.29, 0.717) is 11.7 Å². The zero-order chi connectivity index (χ0) is 12.5. The molecular formula is C12H16ClN3O. The number of halogens is 1. The van der Waals surface area contributed by atoms with Gasteiger partial charge in [0.05, 0.1) is 5.41 Å². The maximum absolute atomic E-state index is 11.3. The molecule has 1 saturated heterocycles. The van der Waals surface area contributed by atoms with E-state index in [9.17, 15) is 4.79 Å². The van der Waals surface area contributed by atoms with Crippen LogP contribution in [0.25, 0.3) is 0 Å². The molecule has 0 radical (unpaired) electrons. The maximum atomic E-state index is 11.3. The first kappa shape index (κ1) is 12.3. The molecule has 0 spiro atoms. The Hall–Kier alpha value is -1.13. The third-order valence-corrected chi connectivity index (χ3v) is 3.57. The number of aromatic nitrogens is 1. The molecule has 1 amide bonds. The Kier molecular flexibility index (Phi) is 3.35. The van der Waals surface area contributed by atoms with E-state index in [4.69, 9.17) is 17.3 Å². The molecule has 0 bridgehead atoms. The molecule has 1 aliphatic heterocycles. The summed E-state index contributed by atoms with van der Waals surface area (Å²) in [6.45, 7) is 4.31. The van der Waals surface area contributed by atoms with Gasteiger partial charge < -0.3 is 5.73 Å². The van der Waals surface area contributed by atoms with Gasteiger partial charge >= 0.3 is 0 Å². The van der Waals surface area contributed by atoms with Crippen molar-refractivity contribution in [3.8, 4) is 0 Å². The number of hydrogen-bond acceptors (Lipinski definition) is 3. The fourth-order valence-corrected chi connectivity index (χ4v) is 2.26. The molecule has 0 aliphatic carbocycles. The van der Waals surface area contributed by atoms with Gasteiger partial charge in [-0.3, -0.25) is 9.69 Å². The van der Waals surface area contributed by atoms with E-state index in [0.717, 1.165) is 25.1 Å². The van der Waals surface area contributed by atoms with Crippen molar-refractivity contribution in [2.24, 2.45) is 11.1 Å². The molecule has 1 aliphatic rings. The normalized spacial score (nSPS) is 25.1. The monoisotopic (exact) mass is 253 g/mol. The summed E-state index contributed by atoms with van der Waals surface area (Å²) in [4.78, 5) is 17.6. The van der Waals surface area contributed by atoms with Crippen LogP contribution in [0.15, 0.2) is 18.3 Å². The minimum absolute atomic E-state index is 0.214. The Morgan fingerprint density at radius 2 is 2.41 bits per heavy atom. The standard InChI is InChI=1S/C12H16ClN3O/c1-12(11(14)17)4-5-16(8-12)7-9-2-3-10(13)15-6-9/h2-3,6H,4-5,7-8H2,1H3,(H2,14,17). The molecule has 2 rings (SSSR count). The van der Waals surface area contributed by atoms with Crippen LogP contribution in [0.4, 0.5) is 0 Å². The van der Waals surface area contributed by atoms with Crippen LogP contribution < -0.4 is 5.73 Å². The molecule has 92 valence electrons. The molecule has 1 unspecified atom stereocenters. The SMILES string of the molecule is CC1(C(N)=O)CCN(Cc2ccc(Cl)nc2)C1. The van der Waals surface area contributed by atoms with Crippen LogP contribution in [0.1, 0.15) is 18.9 Å². The average Bonchev–Trinajstić information content (AvgIpc) is 2.65. The van der Waals surface area contributed by atoms with E-state index in [-0.39, 0.29) is 11.3 Å². The van der Waals surface area contributed by atoms with E-state index in [1.165, 1.54) is 0 Å². The minimum atomic E-state index is -0.389. The van der Waals surface area contributed by atoms with E-state index in [1.807, 2.05) is 13.0 Å². The van der Waals surface area contributed by atoms with Gasteiger partial charge in [-0.2, -0.15) is 0 Å². The van der Waals surface area contributed by atoms with Crippen molar-refractivity contribution in [2.45, 2.75) is 19.9 Å². The highest BCUT2D eigenvalue weighted by molar-refractivity contribution is 6.29. The first-order valence-electron chi connectivity index (χ1n) is 5.62. The molecule has 1 aromatic rings. The molecule has 2 heterocycles. The predicted molar refractivity (Wildman–Crippen MR) is 66.4 cm³/mol. The lowest BCUT2D eigenvalue weighted by Crippen LogP contribution is -2.36. The van der Waals surface area contributed by atoms with Crippen LogP contribution in [0, 0.1) is 5.41 Å². The van der Waals surface area contributed by atoms with Crippen LogP contribution in [0.2, 0.25) is 5.15 Å². The van der Waals surface area contributed by atoms with Gasteiger partial charge in [0.1, 0.15) is 5.15 Å². The summed E-state index contributed by atoms with van der Waals surface area (Å²) >= 11 is 5.73. The summed E-state index contributed by atoms with van der Waals surface area (Å²) in [6, 6.07) is 3.73. The maximum Gasteiger partial charge on any atom is 0.224 e. The summed E-state index contributed by atoms with van der Waals surface area (Å²) in [6.07, 6.45) is 2.59. The van der Waals surface area contributed by atoms with Crippen molar-refractivity contribution in [3.63, 3.8) is 0 Å². The Morgan fingerprint density at radius 1 is 1.65 bits per heavy atom. The molecular weight excluding hydrogens is 238 g/mol. The highest BCUT2D eigenvalue weighted by atomic mass is 35.5. The Morgan fingerprint density at radius 3 is 2.94 bits per heavy atom. The average molecular weight is 254 g/mol. The molecule has 1 fully saturated rings. The Bertz CT molecular complexity index is 420. The predicted octanol–water partition coefficient (Wildman–Crippen LogP) is 1.43. The number of likely N-dealkylation sites (tertiary alicyclic amines) is 1. The first-order valence-corrected chi connectivity index (χ1v) is 6.00. The summed E-state index contributed by atoms with van der Waals surface area (Å²) in [5.74, 6) is -0.214. The Labute approximate surface area is 106 Å².